The second kappa shape index (κ2) is 6.53. The van der Waals surface area contributed by atoms with Crippen molar-refractivity contribution in [2.45, 2.75) is 63.5 Å². The average Bonchev–Trinajstić information content (AvgIpc) is 2.39. The molecule has 2 rings (SSSR count). The highest BCUT2D eigenvalue weighted by Gasteiger charge is 2.32. The smallest absolute Gasteiger partial charge is 0.224 e. The van der Waals surface area contributed by atoms with E-state index in [2.05, 4.69) is 5.32 Å². The van der Waals surface area contributed by atoms with Crippen LogP contribution in [-0.2, 0) is 4.79 Å². The van der Waals surface area contributed by atoms with Crippen LogP contribution in [0.4, 0.5) is 0 Å². The molecule has 0 spiro atoms. The highest BCUT2D eigenvalue weighted by atomic mass is 16.3. The predicted molar refractivity (Wildman–Crippen MR) is 70.9 cm³/mol. The van der Waals surface area contributed by atoms with Crippen molar-refractivity contribution in [3.05, 3.63) is 0 Å². The summed E-state index contributed by atoms with van der Waals surface area (Å²) in [6.45, 7) is 0.182. The van der Waals surface area contributed by atoms with Crippen molar-refractivity contribution in [2.24, 2.45) is 17.6 Å². The van der Waals surface area contributed by atoms with Crippen molar-refractivity contribution < 1.29 is 9.90 Å². The molecule has 18 heavy (non-hydrogen) atoms. The standard InChI is InChI=1S/C14H26N2O2/c15-12-7-3-2-6-11(12)14(18)16-13-8-4-1-5-10(13)9-17/h10-13,17H,1-9,15H2,(H,16,18). The number of hydrogen-bond donors (Lipinski definition) is 3. The van der Waals surface area contributed by atoms with Crippen LogP contribution in [0.5, 0.6) is 0 Å². The third kappa shape index (κ3) is 3.23. The van der Waals surface area contributed by atoms with E-state index in [0.29, 0.717) is 0 Å². The molecule has 4 unspecified atom stereocenters. The van der Waals surface area contributed by atoms with Gasteiger partial charge in [0.1, 0.15) is 0 Å². The maximum atomic E-state index is 12.3. The summed E-state index contributed by atoms with van der Waals surface area (Å²) in [5.41, 5.74) is 6.04. The molecule has 0 radical (unpaired) electrons. The summed E-state index contributed by atoms with van der Waals surface area (Å²) in [4.78, 5) is 12.3. The van der Waals surface area contributed by atoms with Gasteiger partial charge in [0.15, 0.2) is 0 Å². The number of carbonyl (C=O) groups is 1. The molecule has 2 aliphatic rings. The van der Waals surface area contributed by atoms with Gasteiger partial charge in [-0.1, -0.05) is 25.7 Å². The Kier molecular flexibility index (Phi) is 5.01. The van der Waals surface area contributed by atoms with Gasteiger partial charge in [0.25, 0.3) is 0 Å². The van der Waals surface area contributed by atoms with Gasteiger partial charge in [-0.15, -0.1) is 0 Å². The maximum Gasteiger partial charge on any atom is 0.224 e. The number of hydrogen-bond acceptors (Lipinski definition) is 3. The van der Waals surface area contributed by atoms with Crippen molar-refractivity contribution in [2.75, 3.05) is 6.61 Å². The molecule has 0 heterocycles. The highest BCUT2D eigenvalue weighted by Crippen LogP contribution is 2.27. The van der Waals surface area contributed by atoms with E-state index in [1.807, 2.05) is 0 Å². The summed E-state index contributed by atoms with van der Waals surface area (Å²) in [6, 6.07) is 0.181. The fourth-order valence-corrected chi connectivity index (χ4v) is 3.39. The minimum atomic E-state index is -0.0139. The lowest BCUT2D eigenvalue weighted by Crippen LogP contribution is -2.50. The topological polar surface area (TPSA) is 75.4 Å². The van der Waals surface area contributed by atoms with Gasteiger partial charge in [0.05, 0.1) is 5.92 Å². The normalized spacial score (nSPS) is 37.2. The number of amides is 1. The molecular weight excluding hydrogens is 228 g/mol. The van der Waals surface area contributed by atoms with Crippen molar-refractivity contribution in [3.8, 4) is 0 Å². The average molecular weight is 254 g/mol. The summed E-state index contributed by atoms with van der Waals surface area (Å²) < 4.78 is 0. The van der Waals surface area contributed by atoms with Gasteiger partial charge >= 0.3 is 0 Å². The number of rotatable bonds is 3. The molecule has 104 valence electrons. The van der Waals surface area contributed by atoms with E-state index in [1.54, 1.807) is 0 Å². The Morgan fingerprint density at radius 3 is 2.50 bits per heavy atom. The van der Waals surface area contributed by atoms with Gasteiger partial charge in [-0.25, -0.2) is 0 Å². The van der Waals surface area contributed by atoms with Crippen LogP contribution in [0.1, 0.15) is 51.4 Å². The molecule has 0 aromatic rings. The predicted octanol–water partition coefficient (Wildman–Crippen LogP) is 1.17. The minimum Gasteiger partial charge on any atom is -0.396 e. The molecule has 4 atom stereocenters. The van der Waals surface area contributed by atoms with E-state index in [0.717, 1.165) is 44.9 Å². The first kappa shape index (κ1) is 13.8. The molecule has 1 amide bonds. The first-order valence-corrected chi connectivity index (χ1v) is 7.39. The SMILES string of the molecule is NC1CCCCC1C(=O)NC1CCCCC1CO. The van der Waals surface area contributed by atoms with E-state index in [4.69, 9.17) is 5.73 Å². The summed E-state index contributed by atoms with van der Waals surface area (Å²) in [7, 11) is 0. The lowest BCUT2D eigenvalue weighted by Gasteiger charge is -2.34. The van der Waals surface area contributed by atoms with E-state index in [-0.39, 0.29) is 36.4 Å². The minimum absolute atomic E-state index is 0.0139. The molecule has 4 N–H and O–H groups in total. The van der Waals surface area contributed by atoms with Crippen molar-refractivity contribution >= 4 is 5.91 Å². The Bertz CT molecular complexity index is 283. The number of aliphatic hydroxyl groups excluding tert-OH is 1. The molecule has 4 nitrogen and oxygen atoms in total. The Morgan fingerprint density at radius 1 is 1.11 bits per heavy atom. The van der Waals surface area contributed by atoms with Crippen LogP contribution in [0.15, 0.2) is 0 Å². The van der Waals surface area contributed by atoms with Crippen LogP contribution in [0.3, 0.4) is 0 Å². The third-order valence-corrected chi connectivity index (χ3v) is 4.63. The molecule has 0 saturated heterocycles. The van der Waals surface area contributed by atoms with Crippen molar-refractivity contribution in [1.82, 2.24) is 5.32 Å². The fraction of sp³-hybridized carbons (Fsp3) is 0.929. The number of aliphatic hydroxyl groups is 1. The van der Waals surface area contributed by atoms with Crippen molar-refractivity contribution in [3.63, 3.8) is 0 Å². The second-order valence-electron chi connectivity index (χ2n) is 5.90. The molecule has 2 saturated carbocycles. The van der Waals surface area contributed by atoms with E-state index < -0.39 is 0 Å². The zero-order valence-electron chi connectivity index (χ0n) is 11.1. The van der Waals surface area contributed by atoms with Gasteiger partial charge in [-0.2, -0.15) is 0 Å². The van der Waals surface area contributed by atoms with Gasteiger partial charge in [-0.3, -0.25) is 4.79 Å². The Hall–Kier alpha value is -0.610. The van der Waals surface area contributed by atoms with E-state index in [1.165, 1.54) is 6.42 Å². The Labute approximate surface area is 109 Å². The van der Waals surface area contributed by atoms with Gasteiger partial charge in [0.2, 0.25) is 5.91 Å². The number of nitrogens with one attached hydrogen (secondary N) is 1. The van der Waals surface area contributed by atoms with Crippen molar-refractivity contribution in [1.29, 1.82) is 0 Å². The summed E-state index contributed by atoms with van der Waals surface area (Å²) >= 11 is 0. The lowest BCUT2D eigenvalue weighted by molar-refractivity contribution is -0.128. The first-order chi connectivity index (χ1) is 8.72. The fourth-order valence-electron chi connectivity index (χ4n) is 3.39. The van der Waals surface area contributed by atoms with Crippen LogP contribution in [-0.4, -0.2) is 29.7 Å². The zero-order chi connectivity index (χ0) is 13.0. The molecular formula is C14H26N2O2. The molecule has 0 aromatic carbocycles. The highest BCUT2D eigenvalue weighted by molar-refractivity contribution is 5.79. The lowest BCUT2D eigenvalue weighted by atomic mass is 9.82. The largest absolute Gasteiger partial charge is 0.396 e. The van der Waals surface area contributed by atoms with Gasteiger partial charge < -0.3 is 16.2 Å². The quantitative estimate of drug-likeness (QED) is 0.707. The second-order valence-corrected chi connectivity index (χ2v) is 5.90. The molecule has 4 heteroatoms. The van der Waals surface area contributed by atoms with Gasteiger partial charge in [-0.05, 0) is 25.7 Å². The van der Waals surface area contributed by atoms with E-state index in [9.17, 15) is 9.90 Å². The van der Waals surface area contributed by atoms with Gasteiger partial charge in [0, 0.05) is 24.6 Å². The van der Waals surface area contributed by atoms with Crippen LogP contribution in [0.25, 0.3) is 0 Å². The van der Waals surface area contributed by atoms with Crippen LogP contribution in [0.2, 0.25) is 0 Å². The third-order valence-electron chi connectivity index (χ3n) is 4.63. The van der Waals surface area contributed by atoms with Crippen LogP contribution < -0.4 is 11.1 Å². The first-order valence-electron chi connectivity index (χ1n) is 7.39. The molecule has 0 aromatic heterocycles. The van der Waals surface area contributed by atoms with Crippen LogP contribution in [0, 0.1) is 11.8 Å². The number of carbonyl (C=O) groups excluding carboxylic acids is 1. The van der Waals surface area contributed by atoms with Crippen LogP contribution >= 0.6 is 0 Å². The Morgan fingerprint density at radius 2 is 1.78 bits per heavy atom. The molecule has 2 fully saturated rings. The Balaban J connectivity index is 1.88. The molecule has 0 bridgehead atoms. The zero-order valence-corrected chi connectivity index (χ0v) is 11.1. The summed E-state index contributed by atoms with van der Waals surface area (Å²) in [6.07, 6.45) is 8.49. The number of nitrogens with two attached hydrogens (primary N) is 1. The summed E-state index contributed by atoms with van der Waals surface area (Å²) in [5.74, 6) is 0.343. The van der Waals surface area contributed by atoms with E-state index >= 15 is 0 Å². The molecule has 2 aliphatic carbocycles. The summed E-state index contributed by atoms with van der Waals surface area (Å²) in [5, 5.41) is 12.5. The maximum absolute atomic E-state index is 12.3. The monoisotopic (exact) mass is 254 g/mol. The molecule has 0 aliphatic heterocycles.